The number of benzene rings is 3. The van der Waals surface area contributed by atoms with E-state index in [1.54, 1.807) is 40.8 Å². The Bertz CT molecular complexity index is 1360. The Morgan fingerprint density at radius 3 is 2.48 bits per heavy atom. The van der Waals surface area contributed by atoms with Crippen LogP contribution < -0.4 is 13.9 Å². The minimum atomic E-state index is -0.165. The second kappa shape index (κ2) is 8.60. The average molecular weight is 456 g/mol. The molecule has 0 saturated heterocycles. The van der Waals surface area contributed by atoms with Crippen LogP contribution in [0.5, 0.6) is 5.75 Å². The van der Waals surface area contributed by atoms with Crippen molar-refractivity contribution in [3.63, 3.8) is 0 Å². The topological polar surface area (TPSA) is 62.7 Å². The van der Waals surface area contributed by atoms with E-state index in [-0.39, 0.29) is 11.8 Å². The Morgan fingerprint density at radius 1 is 1.03 bits per heavy atom. The Labute approximate surface area is 195 Å². The van der Waals surface area contributed by atoms with Gasteiger partial charge in [0.2, 0.25) is 0 Å². The molecule has 0 spiro atoms. The number of amides is 2. The summed E-state index contributed by atoms with van der Waals surface area (Å²) >= 11 is 1.34. The third-order valence-electron chi connectivity index (χ3n) is 5.67. The monoisotopic (exact) mass is 455 g/mol. The van der Waals surface area contributed by atoms with Crippen molar-refractivity contribution in [3.05, 3.63) is 90.3 Å². The van der Waals surface area contributed by atoms with Gasteiger partial charge in [-0.05, 0) is 78.9 Å². The first kappa shape index (κ1) is 21.0. The van der Waals surface area contributed by atoms with Crippen LogP contribution in [-0.4, -0.2) is 30.5 Å². The molecule has 3 aromatic carbocycles. The van der Waals surface area contributed by atoms with Gasteiger partial charge in [0.15, 0.2) is 0 Å². The van der Waals surface area contributed by atoms with Crippen LogP contribution in [0, 0.1) is 0 Å². The summed E-state index contributed by atoms with van der Waals surface area (Å²) in [4.78, 5) is 33.1. The van der Waals surface area contributed by atoms with E-state index in [1.165, 1.54) is 11.9 Å². The largest absolute Gasteiger partial charge is 0.497 e. The lowest BCUT2D eigenvalue weighted by molar-refractivity contribution is 0.0990. The second-order valence-corrected chi connectivity index (χ2v) is 8.47. The van der Waals surface area contributed by atoms with Crippen LogP contribution in [-0.2, 0) is 0 Å². The average Bonchev–Trinajstić information content (AvgIpc) is 3.16. The van der Waals surface area contributed by atoms with Crippen molar-refractivity contribution in [1.82, 2.24) is 4.98 Å². The Morgan fingerprint density at radius 2 is 1.79 bits per heavy atom. The highest BCUT2D eigenvalue weighted by atomic mass is 32.2. The van der Waals surface area contributed by atoms with Gasteiger partial charge in [-0.15, -0.1) is 0 Å². The lowest BCUT2D eigenvalue weighted by Gasteiger charge is -2.23. The lowest BCUT2D eigenvalue weighted by atomic mass is 10.1. The van der Waals surface area contributed by atoms with Crippen molar-refractivity contribution in [3.8, 4) is 5.75 Å². The van der Waals surface area contributed by atoms with Crippen molar-refractivity contribution in [2.45, 2.75) is 11.8 Å². The van der Waals surface area contributed by atoms with E-state index in [2.05, 4.69) is 4.98 Å². The normalized spacial score (nSPS) is 12.3. The van der Waals surface area contributed by atoms with Crippen LogP contribution >= 0.6 is 11.9 Å². The molecular formula is C26H21N3O3S. The standard InChI is InChI=1S/C26H21N3O3S/c1-3-28-22-11-12-23(20-5-4-6-21(24(20)22)26(28)31)33-29(18-7-9-19(32-2)10-8-18)25(30)17-13-15-27-16-14-17/h4-16H,3H2,1-2H3. The lowest BCUT2D eigenvalue weighted by Crippen LogP contribution is -2.25. The number of pyridine rings is 1. The molecule has 0 atom stereocenters. The first-order valence-corrected chi connectivity index (χ1v) is 11.3. The molecule has 0 N–H and O–H groups in total. The van der Waals surface area contributed by atoms with Crippen LogP contribution in [0.15, 0.2) is 84.0 Å². The summed E-state index contributed by atoms with van der Waals surface area (Å²) in [7, 11) is 1.61. The number of ether oxygens (including phenoxy) is 1. The summed E-state index contributed by atoms with van der Waals surface area (Å²) in [6, 6.07) is 20.5. The highest BCUT2D eigenvalue weighted by Crippen LogP contribution is 2.43. The van der Waals surface area contributed by atoms with E-state index in [0.717, 1.165) is 27.0 Å². The van der Waals surface area contributed by atoms with Gasteiger partial charge in [-0.3, -0.25) is 14.6 Å². The van der Waals surface area contributed by atoms with Crippen molar-refractivity contribution < 1.29 is 14.3 Å². The molecule has 0 aliphatic carbocycles. The van der Waals surface area contributed by atoms with Crippen LogP contribution in [0.25, 0.3) is 10.8 Å². The first-order valence-electron chi connectivity index (χ1n) is 10.6. The molecule has 0 bridgehead atoms. The maximum atomic E-state index is 13.5. The molecule has 4 aromatic rings. The molecule has 6 nitrogen and oxygen atoms in total. The predicted octanol–water partition coefficient (Wildman–Crippen LogP) is 5.58. The molecule has 2 amide bonds. The number of hydrogen-bond acceptors (Lipinski definition) is 5. The zero-order valence-electron chi connectivity index (χ0n) is 18.2. The van der Waals surface area contributed by atoms with Gasteiger partial charge in [-0.2, -0.15) is 0 Å². The van der Waals surface area contributed by atoms with E-state index in [1.807, 2.05) is 61.5 Å². The first-order chi connectivity index (χ1) is 16.1. The van der Waals surface area contributed by atoms with Crippen LogP contribution in [0.1, 0.15) is 27.6 Å². The Kier molecular flexibility index (Phi) is 5.48. The van der Waals surface area contributed by atoms with Crippen molar-refractivity contribution in [1.29, 1.82) is 0 Å². The Balaban J connectivity index is 1.61. The number of nitrogens with zero attached hydrogens (tertiary/aromatic N) is 3. The summed E-state index contributed by atoms with van der Waals surface area (Å²) in [5.74, 6) is 0.561. The van der Waals surface area contributed by atoms with Crippen LogP contribution in [0.3, 0.4) is 0 Å². The molecule has 1 aliphatic heterocycles. The van der Waals surface area contributed by atoms with Gasteiger partial charge in [0.25, 0.3) is 11.8 Å². The second-order valence-electron chi connectivity index (χ2n) is 7.49. The van der Waals surface area contributed by atoms with E-state index in [9.17, 15) is 9.59 Å². The van der Waals surface area contributed by atoms with E-state index >= 15 is 0 Å². The molecule has 1 aliphatic rings. The van der Waals surface area contributed by atoms with Gasteiger partial charge in [-0.25, -0.2) is 4.31 Å². The van der Waals surface area contributed by atoms with E-state index in [0.29, 0.717) is 23.4 Å². The van der Waals surface area contributed by atoms with Crippen LogP contribution in [0.2, 0.25) is 0 Å². The number of hydrogen-bond donors (Lipinski definition) is 0. The van der Waals surface area contributed by atoms with Gasteiger partial charge in [-0.1, -0.05) is 12.1 Å². The smallest absolute Gasteiger partial charge is 0.268 e. The molecule has 164 valence electrons. The zero-order valence-corrected chi connectivity index (χ0v) is 19.0. The zero-order chi connectivity index (χ0) is 22.9. The number of carbonyl (C=O) groups is 2. The highest BCUT2D eigenvalue weighted by Gasteiger charge is 2.30. The minimum absolute atomic E-state index is 0.0140. The number of carbonyl (C=O) groups excluding carboxylic acids is 2. The number of rotatable bonds is 6. The number of anilines is 2. The van der Waals surface area contributed by atoms with Gasteiger partial charge >= 0.3 is 0 Å². The van der Waals surface area contributed by atoms with Gasteiger partial charge < -0.3 is 9.64 Å². The fourth-order valence-electron chi connectivity index (χ4n) is 4.05. The van der Waals surface area contributed by atoms with Gasteiger partial charge in [0.1, 0.15) is 5.75 Å². The van der Waals surface area contributed by atoms with Crippen molar-refractivity contribution in [2.75, 3.05) is 22.9 Å². The molecule has 0 saturated carbocycles. The molecule has 2 heterocycles. The number of aromatic nitrogens is 1. The van der Waals surface area contributed by atoms with Gasteiger partial charge in [0.05, 0.1) is 18.5 Å². The highest BCUT2D eigenvalue weighted by molar-refractivity contribution is 8.01. The minimum Gasteiger partial charge on any atom is -0.497 e. The third-order valence-corrected chi connectivity index (χ3v) is 6.78. The predicted molar refractivity (Wildman–Crippen MR) is 131 cm³/mol. The van der Waals surface area contributed by atoms with Gasteiger partial charge in [0, 0.05) is 40.3 Å². The fourth-order valence-corrected chi connectivity index (χ4v) is 5.06. The summed E-state index contributed by atoms with van der Waals surface area (Å²) in [5, 5.41) is 1.88. The molecule has 0 unspecified atom stereocenters. The maximum absolute atomic E-state index is 13.5. The summed E-state index contributed by atoms with van der Waals surface area (Å²) < 4.78 is 6.94. The van der Waals surface area contributed by atoms with E-state index < -0.39 is 0 Å². The SMILES string of the molecule is CCN1C(=O)c2cccc3c(SN(C(=O)c4ccncc4)c4ccc(OC)cc4)ccc1c23. The Hall–Kier alpha value is -3.84. The maximum Gasteiger partial charge on any atom is 0.268 e. The molecule has 0 radical (unpaired) electrons. The van der Waals surface area contributed by atoms with Crippen molar-refractivity contribution >= 4 is 45.9 Å². The van der Waals surface area contributed by atoms with Crippen molar-refractivity contribution in [2.24, 2.45) is 0 Å². The van der Waals surface area contributed by atoms with E-state index in [4.69, 9.17) is 4.74 Å². The molecular weight excluding hydrogens is 434 g/mol. The summed E-state index contributed by atoms with van der Waals surface area (Å²) in [6.07, 6.45) is 3.21. The number of methoxy groups -OCH3 is 1. The fraction of sp³-hybridized carbons (Fsp3) is 0.115. The molecule has 5 rings (SSSR count). The summed E-state index contributed by atoms with van der Waals surface area (Å²) in [6.45, 7) is 2.57. The molecule has 33 heavy (non-hydrogen) atoms. The molecule has 0 fully saturated rings. The third kappa shape index (κ3) is 3.60. The summed E-state index contributed by atoms with van der Waals surface area (Å²) in [5.41, 5.74) is 2.86. The quantitative estimate of drug-likeness (QED) is 0.355. The van der Waals surface area contributed by atoms with Crippen LogP contribution in [0.4, 0.5) is 11.4 Å². The molecule has 7 heteroatoms. The molecule has 1 aromatic heterocycles.